The topological polar surface area (TPSA) is 465 Å². The first-order valence-corrected chi connectivity index (χ1v) is 34.8. The Morgan fingerprint density at radius 3 is 1.35 bits per heavy atom. The first kappa shape index (κ1) is 72.4. The standard InChI is InChI=1S/C19H14N10.C17H13N11.C17H17N11.C16H17N11S/c1-11-16(19-23-12(2)27-29(19)26-11)24-25-18-15(20-3)10-22-28(18)17-14-7-5-4-6-13(14)8-9-21-17;1-9-14(16-20-10(2)26-28(16)25-9)23-24-15-13(18-3)8-19-27(15)17-21-11-6-4-5-7-12(11)22-17;1-10-21-16-13(14(17(2,3)4)26-28(16)25-10)23-24-15-11(18-5)9-20-27(15)12-7-6-8-19-22-12;1-8-19-14-11(12(16(3,4)5)24-27(14)23-8)21-22-13-10(17-6)7-18-26(13)15-20-9(2)25-28-15/h4-10,26H,1-2H3;4-8,25H,1-2H3,(H,21,22);6-9,26H,1-4H3;7,24H,1-5H3. The van der Waals surface area contributed by atoms with E-state index in [0.717, 1.165) is 44.6 Å². The second-order valence-corrected chi connectivity index (χ2v) is 27.6. The van der Waals surface area contributed by atoms with E-state index in [-0.39, 0.29) is 45.2 Å². The molecule has 0 saturated heterocycles. The Morgan fingerprint density at radius 1 is 0.425 bits per heavy atom. The van der Waals surface area contributed by atoms with E-state index >= 15 is 0 Å². The van der Waals surface area contributed by atoms with Crippen molar-refractivity contribution in [2.45, 2.75) is 101 Å². The van der Waals surface area contributed by atoms with Gasteiger partial charge in [-0.1, -0.05) is 77.9 Å². The minimum atomic E-state index is -0.238. The number of H-pyrrole nitrogens is 5. The maximum Gasteiger partial charge on any atom is 0.252 e. The van der Waals surface area contributed by atoms with Gasteiger partial charge in [0.15, 0.2) is 57.7 Å². The molecule has 16 heterocycles. The van der Waals surface area contributed by atoms with Crippen molar-refractivity contribution in [3.63, 3.8) is 0 Å². The molecule has 0 saturated carbocycles. The van der Waals surface area contributed by atoms with E-state index in [4.69, 9.17) is 26.3 Å². The van der Waals surface area contributed by atoms with Crippen molar-refractivity contribution in [2.24, 2.45) is 40.9 Å². The highest BCUT2D eigenvalue weighted by atomic mass is 32.1. The lowest BCUT2D eigenvalue weighted by Gasteiger charge is -2.16. The number of fused-ring (bicyclic) bond motifs is 6. The summed E-state index contributed by atoms with van der Waals surface area (Å²) < 4.78 is 16.3. The molecule has 0 aliphatic rings. The molecule has 0 aliphatic heterocycles. The molecule has 0 bridgehead atoms. The predicted octanol–water partition coefficient (Wildman–Crippen LogP) is 15.7. The normalized spacial score (nSPS) is 11.9. The molecular weight excluding hydrogens is 1460 g/mol. The summed E-state index contributed by atoms with van der Waals surface area (Å²) in [5, 5.41) is 91.9. The molecule has 113 heavy (non-hydrogen) atoms. The molecule has 16 aromatic heterocycles. The van der Waals surface area contributed by atoms with Crippen LogP contribution in [0.2, 0.25) is 0 Å². The van der Waals surface area contributed by atoms with Crippen LogP contribution in [0.4, 0.5) is 68.8 Å². The minimum Gasteiger partial charge on any atom is -0.322 e. The summed E-state index contributed by atoms with van der Waals surface area (Å²) in [6, 6.07) is 20.8. The Labute approximate surface area is 640 Å². The second-order valence-electron chi connectivity index (χ2n) is 26.9. The van der Waals surface area contributed by atoms with Crippen molar-refractivity contribution in [1.82, 2.24) is 153 Å². The van der Waals surface area contributed by atoms with Gasteiger partial charge in [-0.05, 0) is 84.2 Å². The molecular formula is C69H61N43S. The molecule has 18 aromatic rings. The molecule has 558 valence electrons. The Bertz CT molecular complexity index is 6920. The minimum absolute atomic E-state index is 0.232. The third kappa shape index (κ3) is 14.1. The van der Waals surface area contributed by atoms with E-state index in [2.05, 4.69) is 217 Å². The molecule has 0 aliphatic carbocycles. The van der Waals surface area contributed by atoms with Crippen LogP contribution >= 0.6 is 11.5 Å². The van der Waals surface area contributed by atoms with E-state index in [1.165, 1.54) is 55.0 Å². The Hall–Kier alpha value is -16.1. The molecule has 0 radical (unpaired) electrons. The lowest BCUT2D eigenvalue weighted by molar-refractivity contribution is 0.556. The molecule has 0 fully saturated rings. The molecule has 0 amide bonds. The van der Waals surface area contributed by atoms with Crippen LogP contribution in [0, 0.1) is 74.8 Å². The lowest BCUT2D eigenvalue weighted by atomic mass is 9.91. The van der Waals surface area contributed by atoms with Gasteiger partial charge < -0.3 is 4.98 Å². The highest BCUT2D eigenvalue weighted by molar-refractivity contribution is 7.08. The number of azo groups is 4. The predicted molar refractivity (Wildman–Crippen MR) is 410 cm³/mol. The summed E-state index contributed by atoms with van der Waals surface area (Å²) in [4.78, 5) is 48.1. The highest BCUT2D eigenvalue weighted by Gasteiger charge is 2.29. The number of rotatable bonds is 12. The van der Waals surface area contributed by atoms with Crippen molar-refractivity contribution >= 4 is 125 Å². The SMILES string of the molecule is [C-]#[N+]c1cnn(-c2cccnn2)c1N=Nc1c(C(C)(C)C)[nH]n2nc(C)nc12.[C-]#[N+]c1cnn(-c2nc(C)ns2)c1N=Nc1c(C(C)(C)C)[nH]n2nc(C)nc12.[C-]#[N+]c1cnn(-c2nc3ccccc3[nH]2)c1N=Nc1c(C)[nH]n2nc(C)nc12.[C-]#[N+]c1cnn(-c2nccc3ccccc23)c1N=Nc1c(C)[nH]n2nc(C)nc12. The number of pyridine rings is 1. The zero-order chi connectivity index (χ0) is 79.1. The van der Waals surface area contributed by atoms with Gasteiger partial charge in [0.1, 0.15) is 29.1 Å². The third-order valence-electron chi connectivity index (χ3n) is 16.6. The Kier molecular flexibility index (Phi) is 18.7. The second kappa shape index (κ2) is 29.2. The van der Waals surface area contributed by atoms with Gasteiger partial charge in [-0.2, -0.15) is 57.8 Å². The summed E-state index contributed by atoms with van der Waals surface area (Å²) in [5.74, 6) is 5.75. The van der Waals surface area contributed by atoms with Crippen molar-refractivity contribution < 1.29 is 0 Å². The van der Waals surface area contributed by atoms with Gasteiger partial charge in [-0.15, -0.1) is 66.4 Å². The van der Waals surface area contributed by atoms with Crippen LogP contribution in [0.3, 0.4) is 0 Å². The number of nitrogens with zero attached hydrogens (tertiary/aromatic N) is 38. The number of imidazole rings is 1. The number of aromatic nitrogens is 31. The highest BCUT2D eigenvalue weighted by Crippen LogP contribution is 2.41. The summed E-state index contributed by atoms with van der Waals surface area (Å²) in [6.07, 6.45) is 9.03. The largest absolute Gasteiger partial charge is 0.322 e. The van der Waals surface area contributed by atoms with E-state index in [9.17, 15) is 0 Å². The van der Waals surface area contributed by atoms with Gasteiger partial charge in [-0.3, -0.25) is 20.4 Å². The molecule has 44 heteroatoms. The van der Waals surface area contributed by atoms with Gasteiger partial charge in [-0.25, -0.2) is 63.6 Å². The zero-order valence-electron chi connectivity index (χ0n) is 62.2. The number of hydrogen-bond acceptors (Lipinski definition) is 27. The number of nitrogens with one attached hydrogen (secondary N) is 5. The fourth-order valence-electron chi connectivity index (χ4n) is 11.5. The van der Waals surface area contributed by atoms with E-state index < -0.39 is 0 Å². The average molecular weight is 1520 g/mol. The number of benzene rings is 2. The molecule has 18 rings (SSSR count). The first-order valence-electron chi connectivity index (χ1n) is 34.1. The molecule has 2 aromatic carbocycles. The Morgan fingerprint density at radius 2 is 0.867 bits per heavy atom. The van der Waals surface area contributed by atoms with Crippen LogP contribution in [-0.2, 0) is 10.8 Å². The monoisotopic (exact) mass is 1520 g/mol. The van der Waals surface area contributed by atoms with Crippen LogP contribution in [0.5, 0.6) is 0 Å². The smallest absolute Gasteiger partial charge is 0.252 e. The quantitative estimate of drug-likeness (QED) is 0.0560. The summed E-state index contributed by atoms with van der Waals surface area (Å²) in [6.45, 7) is 54.7. The van der Waals surface area contributed by atoms with Crippen molar-refractivity contribution in [1.29, 1.82) is 0 Å². The maximum absolute atomic E-state index is 7.47. The molecule has 0 atom stereocenters. The van der Waals surface area contributed by atoms with Crippen LogP contribution in [0.1, 0.15) is 93.4 Å². The maximum atomic E-state index is 7.47. The summed E-state index contributed by atoms with van der Waals surface area (Å²) in [7, 11) is 0. The van der Waals surface area contributed by atoms with Gasteiger partial charge in [0.05, 0.1) is 84.9 Å². The first-order chi connectivity index (χ1) is 54.4. The average Bonchev–Trinajstić information content (AvgIpc) is 1.57. The number of aromatic amines is 5. The zero-order valence-corrected chi connectivity index (χ0v) is 63.0. The van der Waals surface area contributed by atoms with Crippen LogP contribution < -0.4 is 0 Å². The lowest BCUT2D eigenvalue weighted by Crippen LogP contribution is -2.12. The molecule has 0 spiro atoms. The fraction of sp³-hybridized carbons (Fsp3) is 0.217. The van der Waals surface area contributed by atoms with Crippen molar-refractivity contribution in [3.05, 3.63) is 201 Å². The summed E-state index contributed by atoms with van der Waals surface area (Å²) >= 11 is 1.18. The van der Waals surface area contributed by atoms with Gasteiger partial charge in [0, 0.05) is 40.1 Å². The van der Waals surface area contributed by atoms with Crippen LogP contribution in [0.25, 0.3) is 86.5 Å². The Balaban J connectivity index is 0.000000119. The van der Waals surface area contributed by atoms with Crippen molar-refractivity contribution in [3.8, 4) is 22.7 Å². The fourth-order valence-corrected chi connectivity index (χ4v) is 12.1. The molecule has 0 unspecified atom stereocenters. The number of aryl methyl sites for hydroxylation is 7. The van der Waals surface area contributed by atoms with Gasteiger partial charge in [0.2, 0.25) is 33.7 Å². The molecule has 5 N–H and O–H groups in total. The summed E-state index contributed by atoms with van der Waals surface area (Å²) in [5.41, 5.74) is 10.0. The van der Waals surface area contributed by atoms with Gasteiger partial charge >= 0.3 is 0 Å². The third-order valence-corrected chi connectivity index (χ3v) is 17.4. The van der Waals surface area contributed by atoms with Gasteiger partial charge in [0.25, 0.3) is 22.7 Å². The molecule has 43 nitrogen and oxygen atoms in total. The van der Waals surface area contributed by atoms with Crippen molar-refractivity contribution in [2.75, 3.05) is 0 Å². The number of hydrogen-bond donors (Lipinski definition) is 5. The number of para-hydroxylation sites is 2. The van der Waals surface area contributed by atoms with Crippen LogP contribution in [-0.4, -0.2) is 153 Å². The van der Waals surface area contributed by atoms with Crippen LogP contribution in [0.15, 0.2) is 145 Å². The van der Waals surface area contributed by atoms with E-state index in [0.29, 0.717) is 109 Å². The van der Waals surface area contributed by atoms with E-state index in [1.807, 2.05) is 75.4 Å². The van der Waals surface area contributed by atoms with E-state index in [1.54, 1.807) is 70.7 Å².